The number of hydrogen-bond donors (Lipinski definition) is 3. The smallest absolute Gasteiger partial charge is 0.408 e. The van der Waals surface area contributed by atoms with E-state index in [0.717, 1.165) is 37.7 Å². The van der Waals surface area contributed by atoms with Gasteiger partial charge in [-0.15, -0.1) is 6.58 Å². The Labute approximate surface area is 345 Å². The number of carbonyl (C=O) groups excluding carboxylic acids is 4. The minimum atomic E-state index is -3.91. The summed E-state index contributed by atoms with van der Waals surface area (Å²) in [6, 6.07) is 3.35. The van der Waals surface area contributed by atoms with E-state index in [9.17, 15) is 22.8 Å². The third kappa shape index (κ3) is 8.46. The normalized spacial score (nSPS) is 30.5. The summed E-state index contributed by atoms with van der Waals surface area (Å²) in [6.45, 7) is 6.01. The van der Waals surface area contributed by atoms with E-state index in [0.29, 0.717) is 73.4 Å². The van der Waals surface area contributed by atoms with Crippen molar-refractivity contribution < 1.29 is 46.5 Å². The SMILES string of the molecule is C=C[C@H]1C[C@]1(NC(=O)[C@@H]1C[C@@H]2CN1C(=O)[C@H](C1CCCCC1)NC(=O)O[C@@H]1CCC[C@@H]1C/C=C/c1cc3c(cc(OCC)nc3cc1OC)O2)C(=O)NS(=O)(=O)C1CC1. The predicted molar refractivity (Wildman–Crippen MR) is 218 cm³/mol. The molecule has 4 saturated carbocycles. The number of nitrogens with zero attached hydrogens (tertiary/aromatic N) is 2. The molecule has 2 aromatic rings. The molecule has 2 aliphatic heterocycles. The molecule has 1 aromatic heterocycles. The van der Waals surface area contributed by atoms with Gasteiger partial charge < -0.3 is 34.5 Å². The van der Waals surface area contributed by atoms with Crippen molar-refractivity contribution in [1.29, 1.82) is 0 Å². The molecular formula is C43H55N5O10S. The predicted octanol–water partition coefficient (Wildman–Crippen LogP) is 4.92. The van der Waals surface area contributed by atoms with Crippen LogP contribution < -0.4 is 29.6 Å². The van der Waals surface area contributed by atoms with Crippen molar-refractivity contribution in [2.24, 2.45) is 17.8 Å². The molecule has 15 nitrogen and oxygen atoms in total. The molecule has 6 aliphatic rings. The number of alkyl carbamates (subject to hydrolysis) is 1. The van der Waals surface area contributed by atoms with E-state index in [4.69, 9.17) is 23.9 Å². The number of hydrogen-bond acceptors (Lipinski definition) is 11. The summed E-state index contributed by atoms with van der Waals surface area (Å²) in [5.74, 6) is -1.18. The van der Waals surface area contributed by atoms with Crippen LogP contribution in [0.15, 0.2) is 36.9 Å². The van der Waals surface area contributed by atoms with Crippen LogP contribution in [0.2, 0.25) is 0 Å². The minimum absolute atomic E-state index is 0.0155. The van der Waals surface area contributed by atoms with Crippen molar-refractivity contribution in [3.63, 3.8) is 0 Å². The number of pyridine rings is 1. The van der Waals surface area contributed by atoms with Crippen LogP contribution in [-0.4, -0.2) is 97.5 Å². The number of benzene rings is 1. The number of fused-ring (bicyclic) bond motifs is 4. The molecule has 1 saturated heterocycles. The molecule has 3 heterocycles. The zero-order chi connectivity index (χ0) is 41.5. The van der Waals surface area contributed by atoms with Crippen LogP contribution in [0.3, 0.4) is 0 Å². The summed E-state index contributed by atoms with van der Waals surface area (Å²) < 4.78 is 52.3. The first-order valence-electron chi connectivity index (χ1n) is 21.2. The Morgan fingerprint density at radius 2 is 1.83 bits per heavy atom. The lowest BCUT2D eigenvalue weighted by Crippen LogP contribution is -2.59. The van der Waals surface area contributed by atoms with Crippen LogP contribution in [0.1, 0.15) is 96.0 Å². The van der Waals surface area contributed by atoms with Gasteiger partial charge in [0, 0.05) is 35.4 Å². The third-order valence-corrected chi connectivity index (χ3v) is 14.8. The molecule has 7 atom stereocenters. The highest BCUT2D eigenvalue weighted by molar-refractivity contribution is 7.91. The molecule has 1 aromatic carbocycles. The first kappa shape index (κ1) is 40.9. The monoisotopic (exact) mass is 833 g/mol. The number of amides is 4. The molecular weight excluding hydrogens is 779 g/mol. The van der Waals surface area contributed by atoms with E-state index < -0.39 is 68.7 Å². The van der Waals surface area contributed by atoms with Crippen molar-refractivity contribution >= 4 is 50.8 Å². The number of carbonyl (C=O) groups is 4. The molecule has 4 bridgehead atoms. The summed E-state index contributed by atoms with van der Waals surface area (Å²) in [4.78, 5) is 63.3. The van der Waals surface area contributed by atoms with E-state index in [-0.39, 0.29) is 37.3 Å². The molecule has 5 fully saturated rings. The van der Waals surface area contributed by atoms with Crippen molar-refractivity contribution in [2.45, 2.75) is 125 Å². The zero-order valence-electron chi connectivity index (χ0n) is 33.8. The van der Waals surface area contributed by atoms with Gasteiger partial charge in [-0.2, -0.15) is 0 Å². The maximum absolute atomic E-state index is 15.0. The van der Waals surface area contributed by atoms with Crippen LogP contribution in [0.5, 0.6) is 17.4 Å². The van der Waals surface area contributed by atoms with Crippen molar-refractivity contribution in [2.75, 3.05) is 20.3 Å². The third-order valence-electron chi connectivity index (χ3n) is 13.0. The molecule has 16 heteroatoms. The summed E-state index contributed by atoms with van der Waals surface area (Å²) in [5, 5.41) is 5.86. The summed E-state index contributed by atoms with van der Waals surface area (Å²) in [6.07, 6.45) is 12.4. The molecule has 0 radical (unpaired) electrons. The van der Waals surface area contributed by atoms with Crippen LogP contribution in [0.4, 0.5) is 4.79 Å². The Kier molecular flexibility index (Phi) is 11.5. The van der Waals surface area contributed by atoms with Gasteiger partial charge in [0.1, 0.15) is 41.3 Å². The van der Waals surface area contributed by atoms with Crippen LogP contribution in [0.25, 0.3) is 17.0 Å². The van der Waals surface area contributed by atoms with Crippen LogP contribution in [-0.2, 0) is 29.1 Å². The highest BCUT2D eigenvalue weighted by Gasteiger charge is 2.62. The first-order valence-corrected chi connectivity index (χ1v) is 22.7. The number of aromatic nitrogens is 1. The zero-order valence-corrected chi connectivity index (χ0v) is 34.6. The summed E-state index contributed by atoms with van der Waals surface area (Å²) in [7, 11) is -2.32. The summed E-state index contributed by atoms with van der Waals surface area (Å²) >= 11 is 0. The van der Waals surface area contributed by atoms with Crippen molar-refractivity contribution in [1.82, 2.24) is 25.2 Å². The molecule has 0 spiro atoms. The highest BCUT2D eigenvalue weighted by Crippen LogP contribution is 2.46. The van der Waals surface area contributed by atoms with Gasteiger partial charge in [0.05, 0.1) is 31.0 Å². The van der Waals surface area contributed by atoms with Gasteiger partial charge in [-0.3, -0.25) is 19.1 Å². The fourth-order valence-corrected chi connectivity index (χ4v) is 10.9. The van der Waals surface area contributed by atoms with Gasteiger partial charge in [-0.1, -0.05) is 37.5 Å². The Hall–Kier alpha value is -4.86. The highest BCUT2D eigenvalue weighted by atomic mass is 32.2. The van der Waals surface area contributed by atoms with Gasteiger partial charge in [-0.05, 0) is 82.6 Å². The fraction of sp³-hybridized carbons (Fsp3) is 0.605. The molecule has 3 N–H and O–H groups in total. The topological polar surface area (TPSA) is 192 Å². The number of methoxy groups -OCH3 is 1. The lowest BCUT2D eigenvalue weighted by Gasteiger charge is -2.35. The lowest BCUT2D eigenvalue weighted by molar-refractivity contribution is -0.142. The van der Waals surface area contributed by atoms with Gasteiger partial charge in [0.2, 0.25) is 27.7 Å². The number of ether oxygens (including phenoxy) is 4. The molecule has 318 valence electrons. The van der Waals surface area contributed by atoms with E-state index in [1.165, 1.54) is 11.0 Å². The largest absolute Gasteiger partial charge is 0.496 e. The fourth-order valence-electron chi connectivity index (χ4n) is 9.54. The lowest BCUT2D eigenvalue weighted by atomic mass is 9.83. The van der Waals surface area contributed by atoms with Gasteiger partial charge in [0.15, 0.2) is 0 Å². The van der Waals surface area contributed by atoms with Gasteiger partial charge in [-0.25, -0.2) is 18.2 Å². The molecule has 8 rings (SSSR count). The maximum Gasteiger partial charge on any atom is 0.408 e. The molecule has 0 unspecified atom stereocenters. The molecule has 4 amide bonds. The Morgan fingerprint density at radius 3 is 2.54 bits per heavy atom. The quantitative estimate of drug-likeness (QED) is 0.276. The number of allylic oxidation sites excluding steroid dienone is 1. The second kappa shape index (κ2) is 16.7. The summed E-state index contributed by atoms with van der Waals surface area (Å²) in [5.41, 5.74) is -0.202. The molecule has 59 heavy (non-hydrogen) atoms. The van der Waals surface area contributed by atoms with E-state index in [1.54, 1.807) is 13.2 Å². The number of rotatable bonds is 10. The van der Waals surface area contributed by atoms with E-state index in [1.807, 2.05) is 25.1 Å². The second-order valence-electron chi connectivity index (χ2n) is 17.0. The van der Waals surface area contributed by atoms with Crippen LogP contribution >= 0.6 is 0 Å². The van der Waals surface area contributed by atoms with Crippen molar-refractivity contribution in [3.05, 3.63) is 42.5 Å². The Morgan fingerprint density at radius 1 is 1.05 bits per heavy atom. The first-order chi connectivity index (χ1) is 28.4. The van der Waals surface area contributed by atoms with E-state index >= 15 is 4.79 Å². The Balaban J connectivity index is 1.18. The average molecular weight is 834 g/mol. The van der Waals surface area contributed by atoms with Crippen LogP contribution in [0, 0.1) is 17.8 Å². The number of nitrogens with one attached hydrogen (secondary N) is 3. The maximum atomic E-state index is 15.0. The standard InChI is InChI=1S/C43H55N5O10S/c1-4-28-23-43(28,41(51)47-59(53,54)30-17-18-30)46-39(49)33-20-29-24-48(33)40(50)38(26-11-7-6-8-12-26)45-42(52)58-34-16-10-14-25(34)13-9-15-27-19-31-32(21-35(27)55-3)44-37(56-5-2)22-36(31)57-29/h4,9,15,19,21-22,25-26,28-30,33-34,38H,1,5-8,10-14,16-18,20,23-24H2,2-3H3,(H,45,52)(H,46,49)(H,47,51)/b15-9+/t25-,28-,29+,33-,34+,38-,43+/m0/s1. The number of sulfonamides is 1. The van der Waals surface area contributed by atoms with Gasteiger partial charge >= 0.3 is 6.09 Å². The Bertz CT molecular complexity index is 2140. The van der Waals surface area contributed by atoms with E-state index in [2.05, 4.69) is 28.0 Å². The average Bonchev–Trinajstić information content (AvgIpc) is 4.12. The molecule has 4 aliphatic carbocycles. The minimum Gasteiger partial charge on any atom is -0.496 e. The second-order valence-corrected chi connectivity index (χ2v) is 18.9. The van der Waals surface area contributed by atoms with Crippen molar-refractivity contribution in [3.8, 4) is 17.4 Å². The van der Waals surface area contributed by atoms with Gasteiger partial charge in [0.25, 0.3) is 5.91 Å².